The molecule has 0 radical (unpaired) electrons. The first-order chi connectivity index (χ1) is 8.16. The quantitative estimate of drug-likeness (QED) is 0.825. The summed E-state index contributed by atoms with van der Waals surface area (Å²) in [6.45, 7) is 4.73. The fraction of sp³-hybridized carbons (Fsp3) is 1.00. The standard InChI is InChI=1S/C15H28OS/c1-11-3-4-14(9-12(11)2)15(16)10-13-5-7-17-8-6-13/h11-16H,3-10H2,1-2H3. The van der Waals surface area contributed by atoms with Crippen molar-refractivity contribution >= 4 is 11.8 Å². The van der Waals surface area contributed by atoms with Gasteiger partial charge < -0.3 is 5.11 Å². The second-order valence-electron chi connectivity index (χ2n) is 6.39. The van der Waals surface area contributed by atoms with E-state index in [4.69, 9.17) is 0 Å². The highest BCUT2D eigenvalue weighted by Crippen LogP contribution is 2.37. The molecular formula is C15H28OS. The van der Waals surface area contributed by atoms with Crippen LogP contribution in [-0.4, -0.2) is 22.7 Å². The Bertz CT molecular complexity index is 225. The van der Waals surface area contributed by atoms with Gasteiger partial charge in [-0.1, -0.05) is 20.3 Å². The first-order valence-corrected chi connectivity index (χ1v) is 8.58. The molecule has 0 bridgehead atoms. The smallest absolute Gasteiger partial charge is 0.0571 e. The van der Waals surface area contributed by atoms with E-state index in [1.54, 1.807) is 0 Å². The van der Waals surface area contributed by atoms with Gasteiger partial charge in [0, 0.05) is 0 Å². The van der Waals surface area contributed by atoms with Gasteiger partial charge in [-0.15, -0.1) is 0 Å². The summed E-state index contributed by atoms with van der Waals surface area (Å²) in [7, 11) is 0. The van der Waals surface area contributed by atoms with Gasteiger partial charge in [-0.25, -0.2) is 0 Å². The van der Waals surface area contributed by atoms with Crippen molar-refractivity contribution in [1.82, 2.24) is 0 Å². The Morgan fingerprint density at radius 1 is 1.06 bits per heavy atom. The van der Waals surface area contributed by atoms with E-state index in [1.807, 2.05) is 0 Å². The number of hydrogen-bond donors (Lipinski definition) is 1. The van der Waals surface area contributed by atoms with Gasteiger partial charge in [0.15, 0.2) is 0 Å². The van der Waals surface area contributed by atoms with Gasteiger partial charge in [0.25, 0.3) is 0 Å². The van der Waals surface area contributed by atoms with Crippen LogP contribution in [0.25, 0.3) is 0 Å². The van der Waals surface area contributed by atoms with Crippen LogP contribution in [0.5, 0.6) is 0 Å². The Labute approximate surface area is 111 Å². The molecule has 1 saturated carbocycles. The van der Waals surface area contributed by atoms with E-state index in [0.29, 0.717) is 5.92 Å². The summed E-state index contributed by atoms with van der Waals surface area (Å²) >= 11 is 2.08. The van der Waals surface area contributed by atoms with Crippen LogP contribution in [0.2, 0.25) is 0 Å². The highest BCUT2D eigenvalue weighted by atomic mass is 32.2. The minimum atomic E-state index is -0.0157. The number of aliphatic hydroxyl groups excluding tert-OH is 1. The minimum Gasteiger partial charge on any atom is -0.393 e. The van der Waals surface area contributed by atoms with Crippen molar-refractivity contribution in [2.75, 3.05) is 11.5 Å². The summed E-state index contributed by atoms with van der Waals surface area (Å²) in [5.74, 6) is 5.71. The van der Waals surface area contributed by atoms with Crippen LogP contribution in [0.15, 0.2) is 0 Å². The Kier molecular flexibility index (Phi) is 5.23. The molecule has 0 aromatic heterocycles. The Hall–Kier alpha value is 0.310. The first-order valence-electron chi connectivity index (χ1n) is 7.42. The molecule has 1 saturated heterocycles. The zero-order chi connectivity index (χ0) is 12.3. The van der Waals surface area contributed by atoms with Gasteiger partial charge in [0.1, 0.15) is 0 Å². The average molecular weight is 256 g/mol. The van der Waals surface area contributed by atoms with Crippen molar-refractivity contribution in [1.29, 1.82) is 0 Å². The lowest BCUT2D eigenvalue weighted by Crippen LogP contribution is -2.31. The predicted molar refractivity (Wildman–Crippen MR) is 76.3 cm³/mol. The Balaban J connectivity index is 1.77. The highest BCUT2D eigenvalue weighted by Gasteiger charge is 2.30. The van der Waals surface area contributed by atoms with Crippen molar-refractivity contribution in [3.8, 4) is 0 Å². The van der Waals surface area contributed by atoms with Crippen molar-refractivity contribution in [2.45, 2.75) is 58.5 Å². The zero-order valence-corrected chi connectivity index (χ0v) is 12.2. The second kappa shape index (κ2) is 6.47. The lowest BCUT2D eigenvalue weighted by molar-refractivity contribution is 0.0380. The molecule has 1 heterocycles. The zero-order valence-electron chi connectivity index (χ0n) is 11.4. The van der Waals surface area contributed by atoms with Crippen LogP contribution in [0.3, 0.4) is 0 Å². The van der Waals surface area contributed by atoms with Crippen molar-refractivity contribution in [2.24, 2.45) is 23.7 Å². The van der Waals surface area contributed by atoms with Gasteiger partial charge in [-0.3, -0.25) is 0 Å². The topological polar surface area (TPSA) is 20.2 Å². The molecule has 1 N–H and O–H groups in total. The van der Waals surface area contributed by atoms with Gasteiger partial charge in [-0.2, -0.15) is 11.8 Å². The van der Waals surface area contributed by atoms with E-state index in [1.165, 1.54) is 43.6 Å². The van der Waals surface area contributed by atoms with E-state index in [2.05, 4.69) is 25.6 Å². The van der Waals surface area contributed by atoms with Crippen LogP contribution >= 0.6 is 11.8 Å². The molecule has 0 spiro atoms. The van der Waals surface area contributed by atoms with Crippen LogP contribution in [0.4, 0.5) is 0 Å². The number of rotatable bonds is 3. The third kappa shape index (κ3) is 3.89. The summed E-state index contributed by atoms with van der Waals surface area (Å²) in [6.07, 6.45) is 7.56. The third-order valence-corrected chi connectivity index (χ3v) is 6.15. The van der Waals surface area contributed by atoms with Crippen molar-refractivity contribution in [3.63, 3.8) is 0 Å². The lowest BCUT2D eigenvalue weighted by Gasteiger charge is -2.36. The van der Waals surface area contributed by atoms with Crippen LogP contribution in [-0.2, 0) is 0 Å². The van der Waals surface area contributed by atoms with Crippen molar-refractivity contribution < 1.29 is 5.11 Å². The molecule has 2 rings (SSSR count). The first kappa shape index (κ1) is 13.7. The minimum absolute atomic E-state index is 0.0157. The number of thioether (sulfide) groups is 1. The number of aliphatic hydroxyl groups is 1. The summed E-state index contributed by atoms with van der Waals surface area (Å²) in [4.78, 5) is 0. The molecule has 1 nitrogen and oxygen atoms in total. The molecule has 0 amide bonds. The second-order valence-corrected chi connectivity index (χ2v) is 7.61. The highest BCUT2D eigenvalue weighted by molar-refractivity contribution is 7.99. The molecule has 1 aliphatic heterocycles. The van der Waals surface area contributed by atoms with Gasteiger partial charge in [0.05, 0.1) is 6.10 Å². The summed E-state index contributed by atoms with van der Waals surface area (Å²) in [6, 6.07) is 0. The summed E-state index contributed by atoms with van der Waals surface area (Å²) < 4.78 is 0. The molecule has 2 aliphatic rings. The summed E-state index contributed by atoms with van der Waals surface area (Å²) in [5, 5.41) is 10.4. The molecule has 1 aliphatic carbocycles. The maximum absolute atomic E-state index is 10.4. The van der Waals surface area contributed by atoms with Gasteiger partial charge in [0.2, 0.25) is 0 Å². The molecule has 2 fully saturated rings. The molecular weight excluding hydrogens is 228 g/mol. The molecule has 17 heavy (non-hydrogen) atoms. The van der Waals surface area contributed by atoms with E-state index >= 15 is 0 Å². The van der Waals surface area contributed by atoms with Gasteiger partial charge in [-0.05, 0) is 67.3 Å². The van der Waals surface area contributed by atoms with Crippen LogP contribution in [0, 0.1) is 23.7 Å². The van der Waals surface area contributed by atoms with Crippen molar-refractivity contribution in [3.05, 3.63) is 0 Å². The molecule has 4 unspecified atom stereocenters. The molecule has 2 heteroatoms. The third-order valence-electron chi connectivity index (χ3n) is 5.10. The van der Waals surface area contributed by atoms with Crippen LogP contribution < -0.4 is 0 Å². The van der Waals surface area contributed by atoms with E-state index in [9.17, 15) is 5.11 Å². The Morgan fingerprint density at radius 2 is 1.76 bits per heavy atom. The maximum Gasteiger partial charge on any atom is 0.0571 e. The summed E-state index contributed by atoms with van der Waals surface area (Å²) in [5.41, 5.74) is 0. The lowest BCUT2D eigenvalue weighted by atomic mass is 9.72. The fourth-order valence-corrected chi connectivity index (χ4v) is 4.66. The fourth-order valence-electron chi connectivity index (χ4n) is 3.45. The SMILES string of the molecule is CC1CCC(C(O)CC2CCSCC2)CC1C. The Morgan fingerprint density at radius 3 is 2.41 bits per heavy atom. The predicted octanol–water partition coefficient (Wildman–Crippen LogP) is 3.95. The van der Waals surface area contributed by atoms with Gasteiger partial charge >= 0.3 is 0 Å². The molecule has 0 aromatic rings. The van der Waals surface area contributed by atoms with E-state index < -0.39 is 0 Å². The molecule has 0 aromatic carbocycles. The van der Waals surface area contributed by atoms with E-state index in [-0.39, 0.29) is 6.10 Å². The van der Waals surface area contributed by atoms with E-state index in [0.717, 1.165) is 24.2 Å². The monoisotopic (exact) mass is 256 g/mol. The number of hydrogen-bond acceptors (Lipinski definition) is 2. The largest absolute Gasteiger partial charge is 0.393 e. The molecule has 100 valence electrons. The molecule has 4 atom stereocenters. The average Bonchev–Trinajstić information content (AvgIpc) is 2.34. The normalized spacial score (nSPS) is 37.9. The maximum atomic E-state index is 10.4. The van der Waals surface area contributed by atoms with Crippen LogP contribution in [0.1, 0.15) is 52.4 Å².